The van der Waals surface area contributed by atoms with Gasteiger partial charge in [-0.25, -0.2) is 8.78 Å². The van der Waals surface area contributed by atoms with Gasteiger partial charge in [-0.3, -0.25) is 9.59 Å². The highest BCUT2D eigenvalue weighted by Crippen LogP contribution is 2.19. The van der Waals surface area contributed by atoms with E-state index in [1.165, 1.54) is 6.07 Å². The first kappa shape index (κ1) is 21.0. The van der Waals surface area contributed by atoms with Crippen molar-refractivity contribution in [2.75, 3.05) is 11.9 Å². The number of ether oxygens (including phenoxy) is 1. The van der Waals surface area contributed by atoms with Crippen molar-refractivity contribution in [2.45, 2.75) is 13.0 Å². The van der Waals surface area contributed by atoms with E-state index in [4.69, 9.17) is 4.74 Å². The van der Waals surface area contributed by atoms with Gasteiger partial charge in [0.1, 0.15) is 5.75 Å². The Bertz CT molecular complexity index is 1040. The number of rotatable bonds is 7. The standard InChI is InChI=1S/C23H20F2N2O3/c1-15(16-7-3-2-4-8-16)26-23(29)18-9-5-6-10-21(18)27-22(28)14-30-17-11-12-19(24)20(25)13-17/h2-13,15H,14H2,1H3,(H,26,29)(H,27,28)/t15-/m0/s1. The minimum atomic E-state index is -1.07. The molecule has 30 heavy (non-hydrogen) atoms. The zero-order valence-corrected chi connectivity index (χ0v) is 16.2. The number of carbonyl (C=O) groups is 2. The number of benzene rings is 3. The van der Waals surface area contributed by atoms with Gasteiger partial charge in [0, 0.05) is 6.07 Å². The number of amides is 2. The van der Waals surface area contributed by atoms with Gasteiger partial charge in [0.25, 0.3) is 11.8 Å². The Labute approximate surface area is 172 Å². The van der Waals surface area contributed by atoms with Crippen molar-refractivity contribution in [1.82, 2.24) is 5.32 Å². The van der Waals surface area contributed by atoms with Crippen LogP contribution in [0.3, 0.4) is 0 Å². The highest BCUT2D eigenvalue weighted by atomic mass is 19.2. The van der Waals surface area contributed by atoms with Gasteiger partial charge >= 0.3 is 0 Å². The third-order valence-electron chi connectivity index (χ3n) is 4.35. The molecular formula is C23H20F2N2O3. The first-order valence-electron chi connectivity index (χ1n) is 9.26. The number of hydrogen-bond donors (Lipinski definition) is 2. The summed E-state index contributed by atoms with van der Waals surface area (Å²) in [6.07, 6.45) is 0. The quantitative estimate of drug-likeness (QED) is 0.604. The van der Waals surface area contributed by atoms with Crippen LogP contribution >= 0.6 is 0 Å². The van der Waals surface area contributed by atoms with E-state index >= 15 is 0 Å². The summed E-state index contributed by atoms with van der Waals surface area (Å²) in [6.45, 7) is 1.44. The van der Waals surface area contributed by atoms with Crippen molar-refractivity contribution in [3.05, 3.63) is 95.6 Å². The lowest BCUT2D eigenvalue weighted by atomic mass is 10.1. The molecule has 0 bridgehead atoms. The molecule has 7 heteroatoms. The molecular weight excluding hydrogens is 390 g/mol. The van der Waals surface area contributed by atoms with Crippen molar-refractivity contribution in [1.29, 1.82) is 0 Å². The Kier molecular flexibility index (Phi) is 6.75. The number of hydrogen-bond acceptors (Lipinski definition) is 3. The van der Waals surface area contributed by atoms with Crippen LogP contribution in [-0.4, -0.2) is 18.4 Å². The second-order valence-corrected chi connectivity index (χ2v) is 6.56. The lowest BCUT2D eigenvalue weighted by molar-refractivity contribution is -0.118. The summed E-state index contributed by atoms with van der Waals surface area (Å²) in [5.74, 6) is -2.94. The van der Waals surface area contributed by atoms with Gasteiger partial charge in [0.2, 0.25) is 0 Å². The summed E-state index contributed by atoms with van der Waals surface area (Å²) in [4.78, 5) is 24.9. The summed E-state index contributed by atoms with van der Waals surface area (Å²) in [6, 6.07) is 18.8. The number of nitrogens with one attached hydrogen (secondary N) is 2. The van der Waals surface area contributed by atoms with E-state index in [-0.39, 0.29) is 17.7 Å². The van der Waals surface area contributed by atoms with Gasteiger partial charge in [0.05, 0.1) is 17.3 Å². The van der Waals surface area contributed by atoms with E-state index in [1.54, 1.807) is 24.3 Å². The van der Waals surface area contributed by atoms with Gasteiger partial charge in [0.15, 0.2) is 18.2 Å². The van der Waals surface area contributed by atoms with E-state index < -0.39 is 24.1 Å². The van der Waals surface area contributed by atoms with Crippen LogP contribution < -0.4 is 15.4 Å². The van der Waals surface area contributed by atoms with Gasteiger partial charge in [-0.1, -0.05) is 42.5 Å². The Morgan fingerprint density at radius 2 is 1.63 bits per heavy atom. The summed E-state index contributed by atoms with van der Waals surface area (Å²) >= 11 is 0. The first-order chi connectivity index (χ1) is 14.4. The normalized spacial score (nSPS) is 11.4. The third kappa shape index (κ3) is 5.41. The smallest absolute Gasteiger partial charge is 0.262 e. The molecule has 3 aromatic rings. The topological polar surface area (TPSA) is 67.4 Å². The number of para-hydroxylation sites is 1. The summed E-state index contributed by atoms with van der Waals surface area (Å²) in [5.41, 5.74) is 1.56. The lowest BCUT2D eigenvalue weighted by Crippen LogP contribution is -2.28. The van der Waals surface area contributed by atoms with Crippen molar-refractivity contribution in [3.8, 4) is 5.75 Å². The van der Waals surface area contributed by atoms with Crippen molar-refractivity contribution >= 4 is 17.5 Å². The number of anilines is 1. The van der Waals surface area contributed by atoms with Crippen LogP contribution in [0.5, 0.6) is 5.75 Å². The zero-order valence-electron chi connectivity index (χ0n) is 16.2. The Morgan fingerprint density at radius 3 is 2.37 bits per heavy atom. The minimum absolute atomic E-state index is 0.0202. The predicted molar refractivity (Wildman–Crippen MR) is 109 cm³/mol. The maximum Gasteiger partial charge on any atom is 0.262 e. The summed E-state index contributed by atoms with van der Waals surface area (Å²) in [5, 5.41) is 5.50. The van der Waals surface area contributed by atoms with Crippen LogP contribution in [0.2, 0.25) is 0 Å². The monoisotopic (exact) mass is 410 g/mol. The molecule has 2 amide bonds. The Hall–Kier alpha value is -3.74. The van der Waals surface area contributed by atoms with E-state index in [1.807, 2.05) is 37.3 Å². The lowest BCUT2D eigenvalue weighted by Gasteiger charge is -2.16. The molecule has 0 saturated carbocycles. The average Bonchev–Trinajstić information content (AvgIpc) is 2.75. The third-order valence-corrected chi connectivity index (χ3v) is 4.35. The van der Waals surface area contributed by atoms with Crippen LogP contribution in [0.15, 0.2) is 72.8 Å². The second-order valence-electron chi connectivity index (χ2n) is 6.56. The Balaban J connectivity index is 1.63. The fraction of sp³-hybridized carbons (Fsp3) is 0.130. The predicted octanol–water partition coefficient (Wildman–Crippen LogP) is 4.47. The molecule has 0 fully saturated rings. The molecule has 0 radical (unpaired) electrons. The number of halogens is 2. The molecule has 0 aliphatic rings. The van der Waals surface area contributed by atoms with Crippen LogP contribution in [0.4, 0.5) is 14.5 Å². The molecule has 0 unspecified atom stereocenters. The van der Waals surface area contributed by atoms with Crippen molar-refractivity contribution in [2.24, 2.45) is 0 Å². The van der Waals surface area contributed by atoms with Crippen LogP contribution in [0.1, 0.15) is 28.9 Å². The Morgan fingerprint density at radius 1 is 0.933 bits per heavy atom. The maximum absolute atomic E-state index is 13.2. The van der Waals surface area contributed by atoms with Crippen molar-refractivity contribution < 1.29 is 23.1 Å². The molecule has 0 aromatic heterocycles. The fourth-order valence-corrected chi connectivity index (χ4v) is 2.79. The summed E-state index contributed by atoms with van der Waals surface area (Å²) in [7, 11) is 0. The van der Waals surface area contributed by atoms with Crippen LogP contribution in [-0.2, 0) is 4.79 Å². The molecule has 5 nitrogen and oxygen atoms in total. The highest BCUT2D eigenvalue weighted by molar-refractivity contribution is 6.04. The van der Waals surface area contributed by atoms with Crippen LogP contribution in [0, 0.1) is 11.6 Å². The maximum atomic E-state index is 13.2. The fourth-order valence-electron chi connectivity index (χ4n) is 2.79. The largest absolute Gasteiger partial charge is 0.484 e. The zero-order chi connectivity index (χ0) is 21.5. The second kappa shape index (κ2) is 9.65. The van der Waals surface area contributed by atoms with E-state index in [0.717, 1.165) is 17.7 Å². The highest BCUT2D eigenvalue weighted by Gasteiger charge is 2.16. The first-order valence-corrected chi connectivity index (χ1v) is 9.26. The van der Waals surface area contributed by atoms with Gasteiger partial charge < -0.3 is 15.4 Å². The van der Waals surface area contributed by atoms with E-state index in [2.05, 4.69) is 10.6 Å². The molecule has 0 aliphatic heterocycles. The minimum Gasteiger partial charge on any atom is -0.484 e. The molecule has 0 saturated heterocycles. The van der Waals surface area contributed by atoms with Crippen LogP contribution in [0.25, 0.3) is 0 Å². The molecule has 3 rings (SSSR count). The number of carbonyl (C=O) groups excluding carboxylic acids is 2. The van der Waals surface area contributed by atoms with E-state index in [0.29, 0.717) is 11.3 Å². The van der Waals surface area contributed by atoms with E-state index in [9.17, 15) is 18.4 Å². The molecule has 154 valence electrons. The SMILES string of the molecule is C[C@H](NC(=O)c1ccccc1NC(=O)COc1ccc(F)c(F)c1)c1ccccc1. The molecule has 0 heterocycles. The molecule has 2 N–H and O–H groups in total. The molecule has 0 spiro atoms. The summed E-state index contributed by atoms with van der Waals surface area (Å²) < 4.78 is 31.4. The van der Waals surface area contributed by atoms with Gasteiger partial charge in [-0.15, -0.1) is 0 Å². The molecule has 3 aromatic carbocycles. The van der Waals surface area contributed by atoms with Gasteiger partial charge in [-0.2, -0.15) is 0 Å². The molecule has 0 aliphatic carbocycles. The van der Waals surface area contributed by atoms with Gasteiger partial charge in [-0.05, 0) is 36.8 Å². The van der Waals surface area contributed by atoms with Crippen molar-refractivity contribution in [3.63, 3.8) is 0 Å². The molecule has 1 atom stereocenters. The average molecular weight is 410 g/mol.